The number of hydrogen-bond acceptors (Lipinski definition) is 1. The quantitative estimate of drug-likeness (QED) is 0.845. The molecular formula is C11H13BrN2. The highest BCUT2D eigenvalue weighted by atomic mass is 79.9. The largest absolute Gasteiger partial charge is 0.356 e. The molecule has 1 heterocycles. The molecule has 1 unspecified atom stereocenters. The summed E-state index contributed by atoms with van der Waals surface area (Å²) in [7, 11) is 1.96. The van der Waals surface area contributed by atoms with Crippen LogP contribution < -0.4 is 5.32 Å². The minimum Gasteiger partial charge on any atom is -0.356 e. The Bertz CT molecular complexity index is 447. The summed E-state index contributed by atoms with van der Waals surface area (Å²) in [6, 6.07) is 8.75. The molecule has 2 N–H and O–H groups in total. The molecule has 0 spiro atoms. The molecule has 0 saturated carbocycles. The summed E-state index contributed by atoms with van der Waals surface area (Å²) in [4.78, 5) is 3.41. The summed E-state index contributed by atoms with van der Waals surface area (Å²) in [6.07, 6.45) is 0. The normalized spacial score (nSPS) is 13.4. The Balaban J connectivity index is 2.56. The molecule has 0 saturated heterocycles. The van der Waals surface area contributed by atoms with E-state index in [4.69, 9.17) is 0 Å². The molecule has 0 bridgehead atoms. The summed E-state index contributed by atoms with van der Waals surface area (Å²) in [5.74, 6) is 0. The van der Waals surface area contributed by atoms with Gasteiger partial charge in [-0.1, -0.05) is 12.1 Å². The Morgan fingerprint density at radius 1 is 1.43 bits per heavy atom. The first-order valence-electron chi connectivity index (χ1n) is 4.67. The Labute approximate surface area is 91.8 Å². The van der Waals surface area contributed by atoms with E-state index < -0.39 is 0 Å². The molecule has 0 aliphatic carbocycles. The van der Waals surface area contributed by atoms with Gasteiger partial charge < -0.3 is 10.3 Å². The Morgan fingerprint density at radius 3 is 2.86 bits per heavy atom. The fraction of sp³-hybridized carbons (Fsp3) is 0.273. The summed E-state index contributed by atoms with van der Waals surface area (Å²) in [6.45, 7) is 2.14. The number of fused-ring (bicyclic) bond motifs is 1. The number of nitrogens with one attached hydrogen (secondary N) is 2. The molecular weight excluding hydrogens is 240 g/mol. The van der Waals surface area contributed by atoms with Crippen molar-refractivity contribution in [3.8, 4) is 0 Å². The second-order valence-electron chi connectivity index (χ2n) is 3.44. The van der Waals surface area contributed by atoms with Gasteiger partial charge in [0.05, 0.1) is 5.52 Å². The van der Waals surface area contributed by atoms with Crippen molar-refractivity contribution in [2.45, 2.75) is 13.0 Å². The molecule has 0 aliphatic heterocycles. The number of halogens is 1. The third kappa shape index (κ3) is 1.57. The number of para-hydroxylation sites is 1. The zero-order chi connectivity index (χ0) is 10.1. The molecule has 2 rings (SSSR count). The third-order valence-corrected chi connectivity index (χ3v) is 3.19. The summed E-state index contributed by atoms with van der Waals surface area (Å²) < 4.78 is 1.12. The van der Waals surface area contributed by atoms with Crippen LogP contribution in [0.3, 0.4) is 0 Å². The lowest BCUT2D eigenvalue weighted by atomic mass is 10.2. The van der Waals surface area contributed by atoms with Crippen molar-refractivity contribution >= 4 is 26.8 Å². The van der Waals surface area contributed by atoms with Gasteiger partial charge in [-0.25, -0.2) is 0 Å². The fourth-order valence-corrected chi connectivity index (χ4v) is 2.01. The summed E-state index contributed by atoms with van der Waals surface area (Å²) in [5, 5.41) is 4.46. The number of rotatable bonds is 2. The highest BCUT2D eigenvalue weighted by Gasteiger charge is 2.07. The molecule has 2 nitrogen and oxygen atoms in total. The molecule has 14 heavy (non-hydrogen) atoms. The van der Waals surface area contributed by atoms with Crippen molar-refractivity contribution in [3.63, 3.8) is 0 Å². The van der Waals surface area contributed by atoms with Gasteiger partial charge in [0.15, 0.2) is 0 Å². The molecule has 0 radical (unpaired) electrons. The van der Waals surface area contributed by atoms with Crippen molar-refractivity contribution in [1.29, 1.82) is 0 Å². The number of H-pyrrole nitrogens is 1. The Morgan fingerprint density at radius 2 is 2.21 bits per heavy atom. The van der Waals surface area contributed by atoms with E-state index in [0.717, 1.165) is 4.47 Å². The number of aromatic amines is 1. The second kappa shape index (κ2) is 3.75. The monoisotopic (exact) mass is 252 g/mol. The van der Waals surface area contributed by atoms with Crippen LogP contribution in [0.15, 0.2) is 28.7 Å². The van der Waals surface area contributed by atoms with Gasteiger partial charge in [0.2, 0.25) is 0 Å². The first-order valence-corrected chi connectivity index (χ1v) is 5.46. The molecule has 1 aromatic heterocycles. The molecule has 1 atom stereocenters. The van der Waals surface area contributed by atoms with Crippen LogP contribution in [0, 0.1) is 0 Å². The molecule has 2 aromatic rings. The van der Waals surface area contributed by atoms with Gasteiger partial charge in [-0.2, -0.15) is 0 Å². The van der Waals surface area contributed by atoms with Gasteiger partial charge in [-0.3, -0.25) is 0 Å². The third-order valence-electron chi connectivity index (χ3n) is 2.53. The average molecular weight is 253 g/mol. The second-order valence-corrected chi connectivity index (χ2v) is 4.29. The molecule has 1 aromatic carbocycles. The molecule has 0 aliphatic rings. The zero-order valence-corrected chi connectivity index (χ0v) is 9.85. The van der Waals surface area contributed by atoms with Gasteiger partial charge in [-0.05, 0) is 42.0 Å². The van der Waals surface area contributed by atoms with Crippen molar-refractivity contribution < 1.29 is 0 Å². The lowest BCUT2D eigenvalue weighted by molar-refractivity contribution is 0.638. The van der Waals surface area contributed by atoms with Crippen LogP contribution in [0.25, 0.3) is 10.9 Å². The molecule has 0 fully saturated rings. The smallest absolute Gasteiger partial charge is 0.0600 e. The maximum atomic E-state index is 3.53. The SMILES string of the molecule is CNC(C)c1cc2cccc(Br)c2[nH]1. The van der Waals surface area contributed by atoms with Gasteiger partial charge in [0, 0.05) is 21.6 Å². The summed E-state index contributed by atoms with van der Waals surface area (Å²) >= 11 is 3.53. The van der Waals surface area contributed by atoms with Crippen LogP contribution in [0.2, 0.25) is 0 Å². The standard InChI is InChI=1S/C11H13BrN2/c1-7(13-2)10-6-8-4-3-5-9(12)11(8)14-10/h3-7,13-14H,1-2H3. The van der Waals surface area contributed by atoms with Gasteiger partial charge in [0.1, 0.15) is 0 Å². The van der Waals surface area contributed by atoms with Gasteiger partial charge in [0.25, 0.3) is 0 Å². The first kappa shape index (κ1) is 9.74. The fourth-order valence-electron chi connectivity index (χ4n) is 1.53. The summed E-state index contributed by atoms with van der Waals surface area (Å²) in [5.41, 5.74) is 2.39. The maximum Gasteiger partial charge on any atom is 0.0600 e. The Kier molecular flexibility index (Phi) is 2.61. The van der Waals surface area contributed by atoms with Crippen LogP contribution in [-0.4, -0.2) is 12.0 Å². The van der Waals surface area contributed by atoms with Crippen LogP contribution in [0.4, 0.5) is 0 Å². The van der Waals surface area contributed by atoms with Crippen LogP contribution >= 0.6 is 15.9 Å². The van der Waals surface area contributed by atoms with E-state index in [1.807, 2.05) is 19.2 Å². The van der Waals surface area contributed by atoms with Gasteiger partial charge in [-0.15, -0.1) is 0 Å². The Hall–Kier alpha value is -0.800. The molecule has 0 amide bonds. The van der Waals surface area contributed by atoms with E-state index in [-0.39, 0.29) is 0 Å². The first-order chi connectivity index (χ1) is 6.72. The highest BCUT2D eigenvalue weighted by Crippen LogP contribution is 2.25. The van der Waals surface area contributed by atoms with Crippen LogP contribution in [0.1, 0.15) is 18.7 Å². The zero-order valence-electron chi connectivity index (χ0n) is 8.26. The lowest BCUT2D eigenvalue weighted by Gasteiger charge is -2.06. The lowest BCUT2D eigenvalue weighted by Crippen LogP contribution is -2.12. The van der Waals surface area contributed by atoms with E-state index >= 15 is 0 Å². The van der Waals surface area contributed by atoms with Gasteiger partial charge >= 0.3 is 0 Å². The van der Waals surface area contributed by atoms with Crippen LogP contribution in [0.5, 0.6) is 0 Å². The van der Waals surface area contributed by atoms with E-state index in [1.54, 1.807) is 0 Å². The topological polar surface area (TPSA) is 27.8 Å². The molecule has 74 valence electrons. The van der Waals surface area contributed by atoms with Crippen LogP contribution in [-0.2, 0) is 0 Å². The highest BCUT2D eigenvalue weighted by molar-refractivity contribution is 9.10. The number of benzene rings is 1. The van der Waals surface area contributed by atoms with E-state index in [0.29, 0.717) is 6.04 Å². The van der Waals surface area contributed by atoms with Crippen molar-refractivity contribution in [3.05, 3.63) is 34.4 Å². The number of hydrogen-bond donors (Lipinski definition) is 2. The van der Waals surface area contributed by atoms with Crippen molar-refractivity contribution in [2.75, 3.05) is 7.05 Å². The predicted molar refractivity (Wildman–Crippen MR) is 63.5 cm³/mol. The average Bonchev–Trinajstić information content (AvgIpc) is 2.62. The van der Waals surface area contributed by atoms with E-state index in [9.17, 15) is 0 Å². The van der Waals surface area contributed by atoms with E-state index in [2.05, 4.69) is 45.3 Å². The van der Waals surface area contributed by atoms with Crippen molar-refractivity contribution in [2.24, 2.45) is 0 Å². The minimum atomic E-state index is 0.356. The van der Waals surface area contributed by atoms with E-state index in [1.165, 1.54) is 16.6 Å². The maximum absolute atomic E-state index is 3.53. The molecule has 3 heteroatoms. The van der Waals surface area contributed by atoms with Crippen molar-refractivity contribution in [1.82, 2.24) is 10.3 Å². The number of aromatic nitrogens is 1. The predicted octanol–water partition coefficient (Wildman–Crippen LogP) is 3.21. The minimum absolute atomic E-state index is 0.356.